The van der Waals surface area contributed by atoms with Crippen molar-refractivity contribution in [2.75, 3.05) is 11.4 Å². The summed E-state index contributed by atoms with van der Waals surface area (Å²) < 4.78 is 0. The van der Waals surface area contributed by atoms with E-state index in [0.717, 1.165) is 22.4 Å². The molecule has 0 unspecified atom stereocenters. The molecule has 1 saturated heterocycles. The molecule has 3 rings (SSSR count). The minimum Gasteiger partial charge on any atom is -0.349 e. The molecule has 4 heteroatoms. The van der Waals surface area contributed by atoms with Gasteiger partial charge in [0, 0.05) is 18.7 Å². The molecule has 2 aromatic carbocycles. The second kappa shape index (κ2) is 7.09. The summed E-state index contributed by atoms with van der Waals surface area (Å²) in [7, 11) is 0. The summed E-state index contributed by atoms with van der Waals surface area (Å²) >= 11 is 0. The molecular weight excluding hydrogens is 312 g/mol. The molecule has 2 aromatic rings. The Morgan fingerprint density at radius 1 is 1.12 bits per heavy atom. The number of carbonyl (C=O) groups is 2. The van der Waals surface area contributed by atoms with Crippen molar-refractivity contribution in [1.29, 1.82) is 0 Å². The fourth-order valence-corrected chi connectivity index (χ4v) is 3.30. The Labute approximate surface area is 148 Å². The predicted molar refractivity (Wildman–Crippen MR) is 99.4 cm³/mol. The maximum Gasteiger partial charge on any atom is 0.227 e. The van der Waals surface area contributed by atoms with Gasteiger partial charge >= 0.3 is 0 Å². The molecule has 1 fully saturated rings. The van der Waals surface area contributed by atoms with Crippen LogP contribution in [0.25, 0.3) is 0 Å². The third-order valence-corrected chi connectivity index (χ3v) is 5.02. The van der Waals surface area contributed by atoms with Crippen LogP contribution in [0.3, 0.4) is 0 Å². The first kappa shape index (κ1) is 17.2. The first-order valence-electron chi connectivity index (χ1n) is 8.69. The standard InChI is InChI=1S/C21H24N2O2/c1-14-8-7-11-19(15(14)2)23-13-18(12-20(23)24)21(25)22-16(3)17-9-5-4-6-10-17/h4-11,16,18H,12-13H2,1-3H3,(H,22,25)/t16-,18+/m1/s1. The van der Waals surface area contributed by atoms with Crippen LogP contribution in [-0.2, 0) is 9.59 Å². The van der Waals surface area contributed by atoms with Gasteiger partial charge in [-0.15, -0.1) is 0 Å². The first-order chi connectivity index (χ1) is 12.0. The van der Waals surface area contributed by atoms with Gasteiger partial charge < -0.3 is 10.2 Å². The van der Waals surface area contributed by atoms with E-state index < -0.39 is 0 Å². The zero-order valence-electron chi connectivity index (χ0n) is 15.0. The van der Waals surface area contributed by atoms with Gasteiger partial charge in [0.05, 0.1) is 12.0 Å². The van der Waals surface area contributed by atoms with Crippen LogP contribution in [-0.4, -0.2) is 18.4 Å². The summed E-state index contributed by atoms with van der Waals surface area (Å²) in [6, 6.07) is 15.7. The third kappa shape index (κ3) is 3.58. The normalized spacial score (nSPS) is 18.3. The first-order valence-corrected chi connectivity index (χ1v) is 8.69. The molecule has 4 nitrogen and oxygen atoms in total. The Bertz CT molecular complexity index is 786. The summed E-state index contributed by atoms with van der Waals surface area (Å²) in [6.07, 6.45) is 0.265. The molecule has 0 spiro atoms. The maximum atomic E-state index is 12.6. The minimum atomic E-state index is -0.307. The fraction of sp³-hybridized carbons (Fsp3) is 0.333. The van der Waals surface area contributed by atoms with Crippen LogP contribution in [0.15, 0.2) is 48.5 Å². The molecule has 2 amide bonds. The van der Waals surface area contributed by atoms with Gasteiger partial charge in [-0.3, -0.25) is 9.59 Å². The number of aryl methyl sites for hydroxylation is 1. The fourth-order valence-electron chi connectivity index (χ4n) is 3.30. The number of carbonyl (C=O) groups excluding carboxylic acids is 2. The van der Waals surface area contributed by atoms with Crippen LogP contribution in [0.1, 0.15) is 36.1 Å². The van der Waals surface area contributed by atoms with Crippen molar-refractivity contribution < 1.29 is 9.59 Å². The van der Waals surface area contributed by atoms with Crippen LogP contribution in [0.5, 0.6) is 0 Å². The average molecular weight is 336 g/mol. The van der Waals surface area contributed by atoms with E-state index >= 15 is 0 Å². The zero-order chi connectivity index (χ0) is 18.0. The minimum absolute atomic E-state index is 0.0150. The molecule has 0 saturated carbocycles. The molecule has 0 aromatic heterocycles. The molecule has 0 radical (unpaired) electrons. The lowest BCUT2D eigenvalue weighted by Crippen LogP contribution is -2.34. The summed E-state index contributed by atoms with van der Waals surface area (Å²) in [5.74, 6) is -0.350. The quantitative estimate of drug-likeness (QED) is 0.928. The molecule has 2 atom stereocenters. The third-order valence-electron chi connectivity index (χ3n) is 5.02. The van der Waals surface area contributed by atoms with Crippen LogP contribution < -0.4 is 10.2 Å². The van der Waals surface area contributed by atoms with Crippen molar-refractivity contribution in [1.82, 2.24) is 5.32 Å². The lowest BCUT2D eigenvalue weighted by atomic mass is 10.0. The van der Waals surface area contributed by atoms with E-state index in [4.69, 9.17) is 0 Å². The summed E-state index contributed by atoms with van der Waals surface area (Å²) in [5, 5.41) is 3.04. The largest absolute Gasteiger partial charge is 0.349 e. The second-order valence-corrected chi connectivity index (χ2v) is 6.77. The summed E-state index contributed by atoms with van der Waals surface area (Å²) in [5.41, 5.74) is 4.22. The maximum absolute atomic E-state index is 12.6. The molecule has 1 aliphatic rings. The number of rotatable bonds is 4. The lowest BCUT2D eigenvalue weighted by molar-refractivity contribution is -0.126. The topological polar surface area (TPSA) is 49.4 Å². The number of anilines is 1. The van der Waals surface area contributed by atoms with E-state index in [1.165, 1.54) is 0 Å². The molecular formula is C21H24N2O2. The highest BCUT2D eigenvalue weighted by molar-refractivity contribution is 6.01. The van der Waals surface area contributed by atoms with E-state index in [0.29, 0.717) is 6.54 Å². The smallest absolute Gasteiger partial charge is 0.227 e. The molecule has 0 aliphatic carbocycles. The Balaban J connectivity index is 1.70. The van der Waals surface area contributed by atoms with Crippen LogP contribution >= 0.6 is 0 Å². The van der Waals surface area contributed by atoms with E-state index in [1.54, 1.807) is 4.90 Å². The van der Waals surface area contributed by atoms with E-state index in [1.807, 2.05) is 69.3 Å². The van der Waals surface area contributed by atoms with Gasteiger partial charge in [0.1, 0.15) is 0 Å². The van der Waals surface area contributed by atoms with Gasteiger partial charge in [-0.1, -0.05) is 42.5 Å². The molecule has 1 heterocycles. The van der Waals surface area contributed by atoms with Gasteiger partial charge in [-0.25, -0.2) is 0 Å². The number of amides is 2. The van der Waals surface area contributed by atoms with Gasteiger partial charge in [0.2, 0.25) is 11.8 Å². The highest BCUT2D eigenvalue weighted by Crippen LogP contribution is 2.29. The van der Waals surface area contributed by atoms with Crippen molar-refractivity contribution in [2.24, 2.45) is 5.92 Å². The Hall–Kier alpha value is -2.62. The number of nitrogens with zero attached hydrogens (tertiary/aromatic N) is 1. The van der Waals surface area contributed by atoms with Crippen molar-refractivity contribution in [2.45, 2.75) is 33.2 Å². The zero-order valence-corrected chi connectivity index (χ0v) is 15.0. The number of hydrogen-bond acceptors (Lipinski definition) is 2. The van der Waals surface area contributed by atoms with Gasteiger partial charge in [-0.05, 0) is 43.5 Å². The molecule has 1 aliphatic heterocycles. The molecule has 0 bridgehead atoms. The van der Waals surface area contributed by atoms with Crippen LogP contribution in [0, 0.1) is 19.8 Å². The van der Waals surface area contributed by atoms with Crippen molar-refractivity contribution in [3.63, 3.8) is 0 Å². The van der Waals surface area contributed by atoms with E-state index in [2.05, 4.69) is 5.32 Å². The van der Waals surface area contributed by atoms with Gasteiger partial charge in [0.15, 0.2) is 0 Å². The Morgan fingerprint density at radius 3 is 2.56 bits per heavy atom. The summed E-state index contributed by atoms with van der Waals surface area (Å²) in [6.45, 7) is 6.46. The predicted octanol–water partition coefficient (Wildman–Crippen LogP) is 3.53. The van der Waals surface area contributed by atoms with Gasteiger partial charge in [0.25, 0.3) is 0 Å². The van der Waals surface area contributed by atoms with Crippen molar-refractivity contribution >= 4 is 17.5 Å². The monoisotopic (exact) mass is 336 g/mol. The SMILES string of the molecule is Cc1cccc(N2C[C@@H](C(=O)N[C@H](C)c3ccccc3)CC2=O)c1C. The highest BCUT2D eigenvalue weighted by atomic mass is 16.2. The number of benzene rings is 2. The molecule has 1 N–H and O–H groups in total. The van der Waals surface area contributed by atoms with Crippen LogP contribution in [0.4, 0.5) is 5.69 Å². The summed E-state index contributed by atoms with van der Waals surface area (Å²) in [4.78, 5) is 26.8. The Kier molecular flexibility index (Phi) is 4.88. The van der Waals surface area contributed by atoms with E-state index in [9.17, 15) is 9.59 Å². The van der Waals surface area contributed by atoms with Crippen molar-refractivity contribution in [3.05, 3.63) is 65.2 Å². The van der Waals surface area contributed by atoms with E-state index in [-0.39, 0.29) is 30.2 Å². The van der Waals surface area contributed by atoms with Gasteiger partial charge in [-0.2, -0.15) is 0 Å². The second-order valence-electron chi connectivity index (χ2n) is 6.77. The number of hydrogen-bond donors (Lipinski definition) is 1. The Morgan fingerprint density at radius 2 is 1.84 bits per heavy atom. The molecule has 130 valence electrons. The lowest BCUT2D eigenvalue weighted by Gasteiger charge is -2.21. The average Bonchev–Trinajstić information content (AvgIpc) is 3.00. The number of nitrogens with one attached hydrogen (secondary N) is 1. The van der Waals surface area contributed by atoms with Crippen LogP contribution in [0.2, 0.25) is 0 Å². The highest BCUT2D eigenvalue weighted by Gasteiger charge is 2.36. The van der Waals surface area contributed by atoms with Crippen molar-refractivity contribution in [3.8, 4) is 0 Å². The molecule has 25 heavy (non-hydrogen) atoms.